The molecule has 0 aliphatic rings. The molecule has 0 saturated carbocycles. The third-order valence-corrected chi connectivity index (χ3v) is 3.48. The average molecular weight is 363 g/mol. The summed E-state index contributed by atoms with van der Waals surface area (Å²) in [6.07, 6.45) is -2.73. The van der Waals surface area contributed by atoms with E-state index >= 15 is 0 Å². The first-order chi connectivity index (χ1) is 9.81. The molecule has 1 amide bonds. The number of nitrogens with two attached hydrogens (primary N) is 1. The van der Waals surface area contributed by atoms with Gasteiger partial charge in [0.2, 0.25) is 0 Å². The maximum absolute atomic E-state index is 12.5. The van der Waals surface area contributed by atoms with Crippen molar-refractivity contribution >= 4 is 21.8 Å². The fourth-order valence-corrected chi connectivity index (χ4v) is 2.18. The molecule has 0 bridgehead atoms. The number of hydrogen-bond acceptors (Lipinski definition) is 3. The van der Waals surface area contributed by atoms with E-state index in [2.05, 4.69) is 21.0 Å². The lowest BCUT2D eigenvalue weighted by atomic mass is 10.1. The van der Waals surface area contributed by atoms with E-state index in [1.807, 2.05) is 5.43 Å². The summed E-state index contributed by atoms with van der Waals surface area (Å²) in [5.74, 6) is 4.57. The van der Waals surface area contributed by atoms with E-state index in [1.54, 1.807) is 6.07 Å². The highest BCUT2D eigenvalue weighted by molar-refractivity contribution is 9.10. The van der Waals surface area contributed by atoms with Gasteiger partial charge in [-0.1, -0.05) is 22.0 Å². The molecule has 0 spiro atoms. The number of hydrazine groups is 1. The zero-order chi connectivity index (χ0) is 15.6. The van der Waals surface area contributed by atoms with Crippen molar-refractivity contribution < 1.29 is 18.0 Å². The van der Waals surface area contributed by atoms with Crippen molar-refractivity contribution in [1.29, 1.82) is 0 Å². The molecule has 1 heterocycles. The monoisotopic (exact) mass is 362 g/mol. The minimum absolute atomic E-state index is 0.140. The number of rotatable bonds is 3. The van der Waals surface area contributed by atoms with Crippen LogP contribution >= 0.6 is 15.9 Å². The molecule has 1 aromatic heterocycles. The number of hydrogen-bond donors (Lipinski definition) is 2. The van der Waals surface area contributed by atoms with Crippen LogP contribution in [0.15, 0.2) is 35.1 Å². The van der Waals surface area contributed by atoms with Gasteiger partial charge in [0.15, 0.2) is 0 Å². The van der Waals surface area contributed by atoms with E-state index in [0.29, 0.717) is 15.6 Å². The molecular weight excluding hydrogens is 353 g/mol. The number of amides is 1. The van der Waals surface area contributed by atoms with Crippen LogP contribution in [0.4, 0.5) is 13.2 Å². The van der Waals surface area contributed by atoms with Gasteiger partial charge in [-0.3, -0.25) is 14.9 Å². The van der Waals surface area contributed by atoms with Crippen LogP contribution in [-0.2, 0) is 12.7 Å². The Morgan fingerprint density at radius 1 is 1.43 bits per heavy atom. The lowest BCUT2D eigenvalue weighted by Crippen LogP contribution is -2.29. The second-order valence-electron chi connectivity index (χ2n) is 4.20. The van der Waals surface area contributed by atoms with Gasteiger partial charge >= 0.3 is 6.18 Å². The molecule has 9 heteroatoms. The van der Waals surface area contributed by atoms with E-state index in [9.17, 15) is 18.0 Å². The van der Waals surface area contributed by atoms with Crippen molar-refractivity contribution in [3.63, 3.8) is 0 Å². The zero-order valence-corrected chi connectivity index (χ0v) is 12.1. The normalized spacial score (nSPS) is 11.5. The highest BCUT2D eigenvalue weighted by Crippen LogP contribution is 2.29. The van der Waals surface area contributed by atoms with Crippen LogP contribution in [0, 0.1) is 0 Å². The summed E-state index contributed by atoms with van der Waals surface area (Å²) in [6, 6.07) is 4.67. The van der Waals surface area contributed by atoms with Crippen molar-refractivity contribution in [2.45, 2.75) is 12.7 Å². The number of nitrogens with zero attached hydrogens (tertiary/aromatic N) is 2. The van der Waals surface area contributed by atoms with Crippen LogP contribution in [0.3, 0.4) is 0 Å². The van der Waals surface area contributed by atoms with E-state index < -0.39 is 17.6 Å². The summed E-state index contributed by atoms with van der Waals surface area (Å²) < 4.78 is 39.2. The summed E-state index contributed by atoms with van der Waals surface area (Å²) in [4.78, 5) is 11.3. The number of nitrogens with one attached hydrogen (secondary N) is 1. The standard InChI is InChI=1S/C12H10BrF3N4O/c13-10-3-7(11(21)19-17)1-2-8(10)5-20-6-9(4-18-20)12(14,15)16/h1-4,6H,5,17H2,(H,19,21). The van der Waals surface area contributed by atoms with Crippen LogP contribution in [-0.4, -0.2) is 15.7 Å². The van der Waals surface area contributed by atoms with E-state index in [-0.39, 0.29) is 6.54 Å². The first-order valence-electron chi connectivity index (χ1n) is 5.70. The summed E-state index contributed by atoms with van der Waals surface area (Å²) in [7, 11) is 0. The number of halogens is 4. The van der Waals surface area contributed by atoms with Crippen molar-refractivity contribution in [1.82, 2.24) is 15.2 Å². The van der Waals surface area contributed by atoms with E-state index in [1.165, 1.54) is 16.8 Å². The third kappa shape index (κ3) is 3.61. The molecule has 0 atom stereocenters. The Balaban J connectivity index is 2.20. The topological polar surface area (TPSA) is 72.9 Å². The molecule has 0 aliphatic heterocycles. The van der Waals surface area contributed by atoms with Gasteiger partial charge < -0.3 is 0 Å². The Bertz CT molecular complexity index is 669. The number of aromatic nitrogens is 2. The van der Waals surface area contributed by atoms with Crippen LogP contribution in [0.5, 0.6) is 0 Å². The molecule has 2 rings (SSSR count). The molecule has 112 valence electrons. The fourth-order valence-electron chi connectivity index (χ4n) is 1.67. The molecular formula is C12H10BrF3N4O. The maximum atomic E-state index is 12.5. The summed E-state index contributed by atoms with van der Waals surface area (Å²) in [5, 5.41) is 3.67. The molecule has 0 saturated heterocycles. The minimum Gasteiger partial charge on any atom is -0.290 e. The first-order valence-corrected chi connectivity index (χ1v) is 6.49. The predicted molar refractivity (Wildman–Crippen MR) is 72.1 cm³/mol. The SMILES string of the molecule is NNC(=O)c1ccc(Cn2cc(C(F)(F)F)cn2)c(Br)c1. The van der Waals surface area contributed by atoms with Crippen molar-refractivity contribution in [3.05, 3.63) is 51.8 Å². The number of carbonyl (C=O) groups is 1. The number of nitrogen functional groups attached to an aromatic ring is 1. The molecule has 0 fully saturated rings. The largest absolute Gasteiger partial charge is 0.419 e. The van der Waals surface area contributed by atoms with Gasteiger partial charge in [0.1, 0.15) is 0 Å². The summed E-state index contributed by atoms with van der Waals surface area (Å²) in [6.45, 7) is 0.140. The second kappa shape index (κ2) is 5.86. The molecule has 21 heavy (non-hydrogen) atoms. The Hall–Kier alpha value is -1.87. The molecule has 3 N–H and O–H groups in total. The van der Waals surface area contributed by atoms with Gasteiger partial charge in [-0.15, -0.1) is 0 Å². The summed E-state index contributed by atoms with van der Waals surface area (Å²) in [5.41, 5.74) is 2.21. The van der Waals surface area contributed by atoms with Crippen molar-refractivity contribution in [2.24, 2.45) is 5.84 Å². The van der Waals surface area contributed by atoms with Crippen molar-refractivity contribution in [3.8, 4) is 0 Å². The second-order valence-corrected chi connectivity index (χ2v) is 5.06. The predicted octanol–water partition coefficient (Wildman–Crippen LogP) is 2.32. The van der Waals surface area contributed by atoms with Gasteiger partial charge in [-0.2, -0.15) is 18.3 Å². The Morgan fingerprint density at radius 2 is 2.14 bits per heavy atom. The first kappa shape index (κ1) is 15.5. The lowest BCUT2D eigenvalue weighted by Gasteiger charge is -2.07. The van der Waals surface area contributed by atoms with Crippen LogP contribution in [0.2, 0.25) is 0 Å². The molecule has 0 radical (unpaired) electrons. The minimum atomic E-state index is -4.42. The quantitative estimate of drug-likeness (QED) is 0.500. The molecule has 0 unspecified atom stereocenters. The smallest absolute Gasteiger partial charge is 0.290 e. The Morgan fingerprint density at radius 3 is 2.67 bits per heavy atom. The number of alkyl halides is 3. The third-order valence-electron chi connectivity index (χ3n) is 2.74. The highest BCUT2D eigenvalue weighted by Gasteiger charge is 2.32. The van der Waals surface area contributed by atoms with E-state index in [4.69, 9.17) is 5.84 Å². The molecule has 1 aromatic carbocycles. The van der Waals surface area contributed by atoms with Gasteiger partial charge in [0, 0.05) is 16.2 Å². The average Bonchev–Trinajstić information content (AvgIpc) is 2.88. The lowest BCUT2D eigenvalue weighted by molar-refractivity contribution is -0.137. The Labute approximate surface area is 126 Å². The Kier molecular flexibility index (Phi) is 4.33. The van der Waals surface area contributed by atoms with Crippen molar-refractivity contribution in [2.75, 3.05) is 0 Å². The van der Waals surface area contributed by atoms with Crippen LogP contribution < -0.4 is 11.3 Å². The van der Waals surface area contributed by atoms with Crippen LogP contribution in [0.25, 0.3) is 0 Å². The number of carbonyl (C=O) groups excluding carboxylic acids is 1. The van der Waals surface area contributed by atoms with Gasteiger partial charge in [0.25, 0.3) is 5.91 Å². The molecule has 0 aliphatic carbocycles. The van der Waals surface area contributed by atoms with Gasteiger partial charge in [-0.05, 0) is 17.7 Å². The molecule has 5 nitrogen and oxygen atoms in total. The van der Waals surface area contributed by atoms with E-state index in [0.717, 1.165) is 12.4 Å². The fraction of sp³-hybridized carbons (Fsp3) is 0.167. The van der Waals surface area contributed by atoms with Gasteiger partial charge in [0.05, 0.1) is 18.3 Å². The zero-order valence-electron chi connectivity index (χ0n) is 10.5. The number of benzene rings is 1. The highest BCUT2D eigenvalue weighted by atomic mass is 79.9. The van der Waals surface area contributed by atoms with Crippen LogP contribution in [0.1, 0.15) is 21.5 Å². The maximum Gasteiger partial charge on any atom is 0.419 e. The summed E-state index contributed by atoms with van der Waals surface area (Å²) >= 11 is 3.26. The molecule has 2 aromatic rings. The van der Waals surface area contributed by atoms with Gasteiger partial charge in [-0.25, -0.2) is 5.84 Å².